The van der Waals surface area contributed by atoms with E-state index in [-0.39, 0.29) is 28.4 Å². The summed E-state index contributed by atoms with van der Waals surface area (Å²) in [5.74, 6) is 0.295. The van der Waals surface area contributed by atoms with E-state index in [0.29, 0.717) is 19.3 Å². The van der Waals surface area contributed by atoms with E-state index in [2.05, 4.69) is 13.8 Å². The molecule has 0 aromatic heterocycles. The zero-order chi connectivity index (χ0) is 17.4. The molecule has 4 nitrogen and oxygen atoms in total. The fourth-order valence-electron chi connectivity index (χ4n) is 6.12. The zero-order valence-corrected chi connectivity index (χ0v) is 14.4. The highest BCUT2D eigenvalue weighted by atomic mass is 19.1. The number of halogens is 1. The van der Waals surface area contributed by atoms with Crippen LogP contribution >= 0.6 is 0 Å². The lowest BCUT2D eigenvalue weighted by Crippen LogP contribution is -2.52. The Bertz CT molecular complexity index is 632. The van der Waals surface area contributed by atoms with E-state index < -0.39 is 24.4 Å². The van der Waals surface area contributed by atoms with Crippen molar-refractivity contribution in [2.75, 3.05) is 0 Å². The number of rotatable bonds is 0. The fraction of sp³-hybridized carbons (Fsp3) is 0.789. The molecule has 0 unspecified atom stereocenters. The quantitative estimate of drug-likeness (QED) is 0.546. The largest absolute Gasteiger partial charge is 0.508 e. The van der Waals surface area contributed by atoms with Crippen LogP contribution in [0.3, 0.4) is 0 Å². The molecule has 0 amide bonds. The minimum Gasteiger partial charge on any atom is -0.508 e. The standard InChI is InChI=1S/C19H28FNO3/c1-18-4-3-10-16(11(18)7-12(20)17(18)21)14(23)6-9-5-13(22)15(24)8-19(9,10)2/h6,10-13,15,17,22-24H,3-5,7-8,21H2,1-2H3/t10-,11-,12+,13+,15+,17-,18-,19-/m0/s1. The molecule has 0 radical (unpaired) electrons. The lowest BCUT2D eigenvalue weighted by atomic mass is 9.50. The van der Waals surface area contributed by atoms with E-state index in [9.17, 15) is 19.7 Å². The summed E-state index contributed by atoms with van der Waals surface area (Å²) in [5, 5.41) is 31.0. The fourth-order valence-corrected chi connectivity index (χ4v) is 6.12. The number of fused-ring (bicyclic) bond motifs is 5. The lowest BCUT2D eigenvalue weighted by molar-refractivity contribution is -0.0450. The summed E-state index contributed by atoms with van der Waals surface area (Å²) >= 11 is 0. The van der Waals surface area contributed by atoms with Gasteiger partial charge in [-0.1, -0.05) is 19.4 Å². The number of nitrogens with two attached hydrogens (primary N) is 1. The molecule has 8 atom stereocenters. The van der Waals surface area contributed by atoms with Gasteiger partial charge in [-0.05, 0) is 66.4 Å². The zero-order valence-electron chi connectivity index (χ0n) is 14.4. The smallest absolute Gasteiger partial charge is 0.116 e. The van der Waals surface area contributed by atoms with E-state index in [1.165, 1.54) is 0 Å². The van der Waals surface area contributed by atoms with Crippen LogP contribution in [0.1, 0.15) is 46.0 Å². The molecule has 0 aromatic rings. The normalized spacial score (nSPS) is 54.0. The Morgan fingerprint density at radius 1 is 1.21 bits per heavy atom. The molecule has 0 spiro atoms. The van der Waals surface area contributed by atoms with Crippen molar-refractivity contribution < 1.29 is 19.7 Å². The van der Waals surface area contributed by atoms with Crippen molar-refractivity contribution in [1.82, 2.24) is 0 Å². The molecule has 0 aliphatic heterocycles. The number of hydrogen-bond acceptors (Lipinski definition) is 4. The summed E-state index contributed by atoms with van der Waals surface area (Å²) < 4.78 is 14.4. The second-order valence-corrected chi connectivity index (χ2v) is 8.90. The van der Waals surface area contributed by atoms with Crippen LogP contribution in [0.5, 0.6) is 0 Å². The topological polar surface area (TPSA) is 86.7 Å². The Balaban J connectivity index is 1.80. The van der Waals surface area contributed by atoms with Crippen molar-refractivity contribution in [3.63, 3.8) is 0 Å². The van der Waals surface area contributed by atoms with Crippen molar-refractivity contribution in [2.45, 2.75) is 70.4 Å². The third kappa shape index (κ3) is 1.95. The van der Waals surface area contributed by atoms with Gasteiger partial charge in [0.2, 0.25) is 0 Å². The highest BCUT2D eigenvalue weighted by molar-refractivity contribution is 5.42. The molecule has 134 valence electrons. The van der Waals surface area contributed by atoms with Crippen LogP contribution < -0.4 is 5.73 Å². The number of aliphatic hydroxyl groups excluding tert-OH is 3. The van der Waals surface area contributed by atoms with Crippen molar-refractivity contribution in [2.24, 2.45) is 28.4 Å². The van der Waals surface area contributed by atoms with Crippen LogP contribution in [0.15, 0.2) is 23.0 Å². The minimum atomic E-state index is -1.03. The predicted molar refractivity (Wildman–Crippen MR) is 88.9 cm³/mol. The third-order valence-corrected chi connectivity index (χ3v) is 7.75. The van der Waals surface area contributed by atoms with E-state index in [1.54, 1.807) is 6.08 Å². The van der Waals surface area contributed by atoms with Gasteiger partial charge in [-0.3, -0.25) is 0 Å². The van der Waals surface area contributed by atoms with Gasteiger partial charge in [0.25, 0.3) is 0 Å². The van der Waals surface area contributed by atoms with Crippen LogP contribution in [0.2, 0.25) is 0 Å². The maximum absolute atomic E-state index is 14.4. The van der Waals surface area contributed by atoms with Gasteiger partial charge < -0.3 is 21.1 Å². The molecule has 0 saturated heterocycles. The van der Waals surface area contributed by atoms with Crippen LogP contribution in [0.25, 0.3) is 0 Å². The minimum absolute atomic E-state index is 0.0418. The molecule has 4 rings (SSSR count). The first-order valence-electron chi connectivity index (χ1n) is 9.08. The Morgan fingerprint density at radius 3 is 2.62 bits per heavy atom. The van der Waals surface area contributed by atoms with E-state index >= 15 is 0 Å². The van der Waals surface area contributed by atoms with Gasteiger partial charge in [0.05, 0.1) is 12.2 Å². The van der Waals surface area contributed by atoms with Crippen LogP contribution in [-0.2, 0) is 0 Å². The average molecular weight is 337 g/mol. The molecule has 0 aromatic carbocycles. The molecule has 4 aliphatic rings. The van der Waals surface area contributed by atoms with Crippen molar-refractivity contribution >= 4 is 0 Å². The van der Waals surface area contributed by atoms with Gasteiger partial charge in [0.15, 0.2) is 0 Å². The second-order valence-electron chi connectivity index (χ2n) is 8.90. The molecule has 4 aliphatic carbocycles. The van der Waals surface area contributed by atoms with Gasteiger partial charge in [-0.15, -0.1) is 0 Å². The highest BCUT2D eigenvalue weighted by Crippen LogP contribution is 2.64. The number of alkyl halides is 1. The molecule has 5 N–H and O–H groups in total. The maximum Gasteiger partial charge on any atom is 0.116 e. The highest BCUT2D eigenvalue weighted by Gasteiger charge is 2.60. The molecule has 24 heavy (non-hydrogen) atoms. The SMILES string of the molecule is C[C@]12CC[C@H]3C(=C(O)C=C4C[C@@H](O)[C@H](O)C[C@@]43C)[C@@H]1C[C@@H](F)[C@@H]2N. The van der Waals surface area contributed by atoms with E-state index in [4.69, 9.17) is 5.73 Å². The van der Waals surface area contributed by atoms with Gasteiger partial charge in [0.1, 0.15) is 11.9 Å². The Morgan fingerprint density at radius 2 is 1.92 bits per heavy atom. The summed E-state index contributed by atoms with van der Waals surface area (Å²) in [6, 6.07) is -0.485. The molecule has 3 saturated carbocycles. The summed E-state index contributed by atoms with van der Waals surface area (Å²) in [4.78, 5) is 0. The first kappa shape index (κ1) is 16.6. The molecular weight excluding hydrogens is 309 g/mol. The monoisotopic (exact) mass is 337 g/mol. The second kappa shape index (κ2) is 5.05. The van der Waals surface area contributed by atoms with Crippen LogP contribution in [0.4, 0.5) is 4.39 Å². The predicted octanol–water partition coefficient (Wildman–Crippen LogP) is 2.36. The summed E-state index contributed by atoms with van der Waals surface area (Å²) in [7, 11) is 0. The van der Waals surface area contributed by atoms with Crippen LogP contribution in [0, 0.1) is 22.7 Å². The molecular formula is C19H28FNO3. The van der Waals surface area contributed by atoms with E-state index in [0.717, 1.165) is 24.0 Å². The summed E-state index contributed by atoms with van der Waals surface area (Å²) in [5.41, 5.74) is 7.53. The molecule has 3 fully saturated rings. The van der Waals surface area contributed by atoms with E-state index in [1.807, 2.05) is 0 Å². The molecule has 0 bridgehead atoms. The molecule has 5 heteroatoms. The maximum atomic E-state index is 14.4. The summed E-state index contributed by atoms with van der Waals surface area (Å²) in [6.45, 7) is 4.18. The Labute approximate surface area is 142 Å². The van der Waals surface area contributed by atoms with Crippen LogP contribution in [-0.4, -0.2) is 39.7 Å². The van der Waals surface area contributed by atoms with Gasteiger partial charge >= 0.3 is 0 Å². The first-order valence-corrected chi connectivity index (χ1v) is 9.08. The van der Waals surface area contributed by atoms with Crippen molar-refractivity contribution in [3.05, 3.63) is 23.0 Å². The number of hydrogen-bond donors (Lipinski definition) is 4. The van der Waals surface area contributed by atoms with Gasteiger partial charge in [-0.2, -0.15) is 0 Å². The first-order chi connectivity index (χ1) is 11.2. The van der Waals surface area contributed by atoms with Gasteiger partial charge in [0, 0.05) is 6.04 Å². The lowest BCUT2D eigenvalue weighted by Gasteiger charge is -2.55. The Hall–Kier alpha value is -0.910. The van der Waals surface area contributed by atoms with Gasteiger partial charge in [-0.25, -0.2) is 4.39 Å². The molecule has 0 heterocycles. The van der Waals surface area contributed by atoms with Crippen molar-refractivity contribution in [1.29, 1.82) is 0 Å². The van der Waals surface area contributed by atoms with Crippen molar-refractivity contribution in [3.8, 4) is 0 Å². The average Bonchev–Trinajstić information content (AvgIpc) is 2.74. The Kier molecular flexibility index (Phi) is 3.49. The third-order valence-electron chi connectivity index (χ3n) is 7.75. The summed E-state index contributed by atoms with van der Waals surface area (Å²) in [6.07, 6.45) is 2.13. The number of aliphatic hydroxyl groups is 3. The number of allylic oxidation sites excluding steroid dienone is 2.